The Balaban J connectivity index is 1.52. The molecule has 1 N–H and O–H groups in total. The fourth-order valence-corrected chi connectivity index (χ4v) is 2.88. The highest BCUT2D eigenvalue weighted by molar-refractivity contribution is 6.29. The number of methoxy groups -OCH3 is 1. The van der Waals surface area contributed by atoms with Gasteiger partial charge >= 0.3 is 0 Å². The molecule has 3 heterocycles. The van der Waals surface area contributed by atoms with E-state index in [4.69, 9.17) is 16.3 Å². The minimum absolute atomic E-state index is 0.399. The van der Waals surface area contributed by atoms with Gasteiger partial charge in [0.05, 0.1) is 19.3 Å². The molecule has 0 bridgehead atoms. The Morgan fingerprint density at radius 3 is 2.91 bits per heavy atom. The molecule has 23 heavy (non-hydrogen) atoms. The Morgan fingerprint density at radius 1 is 1.26 bits per heavy atom. The lowest BCUT2D eigenvalue weighted by Crippen LogP contribution is -2.00. The molecule has 0 radical (unpaired) electrons. The number of fused-ring (bicyclic) bond motifs is 1. The van der Waals surface area contributed by atoms with Crippen molar-refractivity contribution in [1.82, 2.24) is 14.4 Å². The minimum Gasteiger partial charge on any atom is -0.481 e. The number of nitrogens with one attached hydrogen (secondary N) is 1. The molecule has 3 aromatic rings. The van der Waals surface area contributed by atoms with Gasteiger partial charge in [0.25, 0.3) is 0 Å². The summed E-state index contributed by atoms with van der Waals surface area (Å²) in [5.41, 5.74) is 4.21. The highest BCUT2D eigenvalue weighted by atomic mass is 35.5. The van der Waals surface area contributed by atoms with Crippen LogP contribution in [0.1, 0.15) is 30.0 Å². The van der Waals surface area contributed by atoms with Gasteiger partial charge in [0.2, 0.25) is 5.88 Å². The summed E-state index contributed by atoms with van der Waals surface area (Å²) in [6.07, 6.45) is 6.86. The van der Waals surface area contributed by atoms with Crippen molar-refractivity contribution in [3.8, 4) is 5.88 Å². The van der Waals surface area contributed by atoms with E-state index in [0.717, 1.165) is 22.9 Å². The average Bonchev–Trinajstić information content (AvgIpc) is 3.31. The van der Waals surface area contributed by atoms with Gasteiger partial charge in [0.1, 0.15) is 10.8 Å². The van der Waals surface area contributed by atoms with Gasteiger partial charge in [0, 0.05) is 24.1 Å². The van der Waals surface area contributed by atoms with Gasteiger partial charge in [-0.05, 0) is 36.5 Å². The monoisotopic (exact) mass is 328 g/mol. The summed E-state index contributed by atoms with van der Waals surface area (Å²) in [6.45, 7) is 0.615. The van der Waals surface area contributed by atoms with E-state index in [9.17, 15) is 0 Å². The highest BCUT2D eigenvalue weighted by Gasteiger charge is 2.23. The van der Waals surface area contributed by atoms with E-state index < -0.39 is 0 Å². The van der Waals surface area contributed by atoms with Crippen molar-refractivity contribution in [3.63, 3.8) is 0 Å². The van der Waals surface area contributed by atoms with E-state index in [2.05, 4.69) is 44.2 Å². The van der Waals surface area contributed by atoms with Crippen molar-refractivity contribution in [2.24, 2.45) is 0 Å². The van der Waals surface area contributed by atoms with Crippen molar-refractivity contribution in [1.29, 1.82) is 0 Å². The first-order valence-electron chi connectivity index (χ1n) is 7.64. The second-order valence-corrected chi connectivity index (χ2v) is 6.20. The zero-order valence-corrected chi connectivity index (χ0v) is 13.5. The number of nitrogens with zero attached hydrogens (tertiary/aromatic N) is 3. The maximum absolute atomic E-state index is 5.98. The van der Waals surface area contributed by atoms with E-state index in [1.165, 1.54) is 18.4 Å². The first-order valence-corrected chi connectivity index (χ1v) is 8.02. The number of ether oxygens (including phenoxy) is 1. The quantitative estimate of drug-likeness (QED) is 0.722. The van der Waals surface area contributed by atoms with Gasteiger partial charge < -0.3 is 14.5 Å². The SMILES string of the molecule is COc1cc(NCc2cn3cc(C4CC4)ccc3n2)cc(Cl)n1. The molecule has 5 nitrogen and oxygen atoms in total. The van der Waals surface area contributed by atoms with Crippen molar-refractivity contribution >= 4 is 22.9 Å². The zero-order valence-electron chi connectivity index (χ0n) is 12.8. The molecule has 6 heteroatoms. The van der Waals surface area contributed by atoms with Gasteiger partial charge in [-0.25, -0.2) is 9.97 Å². The normalized spacial score (nSPS) is 14.2. The first-order chi connectivity index (χ1) is 11.2. The lowest BCUT2D eigenvalue weighted by Gasteiger charge is -2.06. The Hall–Kier alpha value is -2.27. The number of hydrogen-bond acceptors (Lipinski definition) is 4. The Morgan fingerprint density at radius 2 is 2.13 bits per heavy atom. The molecule has 1 aliphatic carbocycles. The summed E-state index contributed by atoms with van der Waals surface area (Å²) in [5, 5.41) is 3.71. The van der Waals surface area contributed by atoms with Crippen LogP contribution >= 0.6 is 11.6 Å². The summed E-state index contributed by atoms with van der Waals surface area (Å²) >= 11 is 5.98. The molecule has 0 spiro atoms. The molecule has 0 unspecified atom stereocenters. The van der Waals surface area contributed by atoms with E-state index in [0.29, 0.717) is 17.6 Å². The van der Waals surface area contributed by atoms with Crippen LogP contribution in [0.2, 0.25) is 5.15 Å². The fraction of sp³-hybridized carbons (Fsp3) is 0.294. The topological polar surface area (TPSA) is 51.5 Å². The molecule has 1 saturated carbocycles. The van der Waals surface area contributed by atoms with Gasteiger partial charge in [-0.15, -0.1) is 0 Å². The summed E-state index contributed by atoms with van der Waals surface area (Å²) in [7, 11) is 1.57. The number of halogens is 1. The van der Waals surface area contributed by atoms with Crippen LogP contribution in [0.15, 0.2) is 36.7 Å². The van der Waals surface area contributed by atoms with Crippen LogP contribution in [0.5, 0.6) is 5.88 Å². The Labute approximate surface area is 139 Å². The Kier molecular flexibility index (Phi) is 3.58. The summed E-state index contributed by atoms with van der Waals surface area (Å²) in [6, 6.07) is 7.85. The minimum atomic E-state index is 0.399. The smallest absolute Gasteiger partial charge is 0.216 e. The third-order valence-corrected chi connectivity index (χ3v) is 4.22. The summed E-state index contributed by atoms with van der Waals surface area (Å²) in [5.74, 6) is 1.24. The predicted molar refractivity (Wildman–Crippen MR) is 90.3 cm³/mol. The van der Waals surface area contributed by atoms with Crippen molar-refractivity contribution in [2.45, 2.75) is 25.3 Å². The van der Waals surface area contributed by atoms with Gasteiger partial charge in [-0.3, -0.25) is 0 Å². The molecular formula is C17H17ClN4O. The molecule has 118 valence electrons. The molecule has 0 saturated heterocycles. The van der Waals surface area contributed by atoms with Gasteiger partial charge in [-0.1, -0.05) is 17.7 Å². The molecule has 0 aromatic carbocycles. The van der Waals surface area contributed by atoms with Gasteiger partial charge in [-0.2, -0.15) is 0 Å². The van der Waals surface area contributed by atoms with Crippen LogP contribution in [0, 0.1) is 0 Å². The van der Waals surface area contributed by atoms with Crippen LogP contribution in [0.3, 0.4) is 0 Å². The predicted octanol–water partition coefficient (Wildman–Crippen LogP) is 3.88. The maximum Gasteiger partial charge on any atom is 0.216 e. The molecule has 3 aromatic heterocycles. The Bertz CT molecular complexity index is 857. The lowest BCUT2D eigenvalue weighted by molar-refractivity contribution is 0.398. The largest absolute Gasteiger partial charge is 0.481 e. The van der Waals surface area contributed by atoms with Crippen LogP contribution in [-0.2, 0) is 6.54 Å². The lowest BCUT2D eigenvalue weighted by atomic mass is 10.2. The summed E-state index contributed by atoms with van der Waals surface area (Å²) in [4.78, 5) is 8.69. The number of rotatable bonds is 5. The standard InChI is InChI=1S/C17H17ClN4O/c1-23-17-7-13(6-15(18)21-17)19-8-14-10-22-9-12(11-2-3-11)4-5-16(22)20-14/h4-7,9-11H,2-3,8H2,1H3,(H,19,21). The van der Waals surface area contributed by atoms with Crippen molar-refractivity contribution < 1.29 is 4.74 Å². The van der Waals surface area contributed by atoms with Crippen molar-refractivity contribution in [2.75, 3.05) is 12.4 Å². The molecule has 4 rings (SSSR count). The second kappa shape index (κ2) is 5.74. The maximum atomic E-state index is 5.98. The van der Waals surface area contributed by atoms with E-state index in [1.54, 1.807) is 13.2 Å². The second-order valence-electron chi connectivity index (χ2n) is 5.81. The number of anilines is 1. The molecule has 1 aliphatic rings. The van der Waals surface area contributed by atoms with E-state index >= 15 is 0 Å². The highest BCUT2D eigenvalue weighted by Crippen LogP contribution is 2.39. The van der Waals surface area contributed by atoms with Gasteiger partial charge in [0.15, 0.2) is 0 Å². The van der Waals surface area contributed by atoms with Crippen LogP contribution in [0.4, 0.5) is 5.69 Å². The van der Waals surface area contributed by atoms with Crippen LogP contribution < -0.4 is 10.1 Å². The molecule has 0 aliphatic heterocycles. The molecule has 1 fully saturated rings. The third-order valence-electron chi connectivity index (χ3n) is 4.03. The summed E-state index contributed by atoms with van der Waals surface area (Å²) < 4.78 is 7.22. The number of hydrogen-bond donors (Lipinski definition) is 1. The zero-order chi connectivity index (χ0) is 15.8. The number of imidazole rings is 1. The van der Waals surface area contributed by atoms with Crippen molar-refractivity contribution in [3.05, 3.63) is 53.1 Å². The number of aromatic nitrogens is 3. The molecule has 0 atom stereocenters. The third kappa shape index (κ3) is 3.10. The molecule has 0 amide bonds. The number of pyridine rings is 2. The van der Waals surface area contributed by atoms with Crippen LogP contribution in [0.25, 0.3) is 5.65 Å². The van der Waals surface area contributed by atoms with E-state index in [1.807, 2.05) is 6.07 Å². The molecular weight excluding hydrogens is 312 g/mol. The average molecular weight is 329 g/mol. The van der Waals surface area contributed by atoms with E-state index in [-0.39, 0.29) is 0 Å². The van der Waals surface area contributed by atoms with Crippen LogP contribution in [-0.4, -0.2) is 21.5 Å². The fourth-order valence-electron chi connectivity index (χ4n) is 2.68. The first kappa shape index (κ1) is 14.3.